The van der Waals surface area contributed by atoms with E-state index in [0.29, 0.717) is 0 Å². The molecule has 0 spiro atoms. The Morgan fingerprint density at radius 1 is 1.06 bits per heavy atom. The molecule has 0 saturated carbocycles. The zero-order chi connectivity index (χ0) is 12.1. The fourth-order valence-corrected chi connectivity index (χ4v) is 1.50. The molecule has 0 bridgehead atoms. The summed E-state index contributed by atoms with van der Waals surface area (Å²) in [7, 11) is 0. The Bertz CT molecular complexity index is 532. The molecule has 0 unspecified atom stereocenters. The molecule has 3 heteroatoms. The molecule has 17 heavy (non-hydrogen) atoms. The van der Waals surface area contributed by atoms with Gasteiger partial charge in [-0.15, -0.1) is 0 Å². The zero-order valence-electron chi connectivity index (χ0n) is 9.43. The Labute approximate surface area is 101 Å². The average Bonchev–Trinajstić information content (AvgIpc) is 2.40. The van der Waals surface area contributed by atoms with Crippen LogP contribution < -0.4 is 5.32 Å². The molecule has 0 radical (unpaired) electrons. The van der Waals surface area contributed by atoms with Gasteiger partial charge in [0.1, 0.15) is 0 Å². The highest BCUT2D eigenvalue weighted by Gasteiger charge is 2.00. The molecule has 2 aromatic heterocycles. The summed E-state index contributed by atoms with van der Waals surface area (Å²) in [6, 6.07) is 5.78. The van der Waals surface area contributed by atoms with E-state index in [1.54, 1.807) is 30.7 Å². The van der Waals surface area contributed by atoms with E-state index >= 15 is 0 Å². The van der Waals surface area contributed by atoms with Crippen molar-refractivity contribution in [2.24, 2.45) is 0 Å². The average molecular weight is 223 g/mol. The third kappa shape index (κ3) is 2.58. The molecule has 2 heterocycles. The van der Waals surface area contributed by atoms with E-state index in [1.165, 1.54) is 0 Å². The number of nitrogens with zero attached hydrogens (tertiary/aromatic N) is 2. The number of pyridine rings is 2. The van der Waals surface area contributed by atoms with Gasteiger partial charge < -0.3 is 5.32 Å². The maximum Gasteiger partial charge on any atom is 0.0697 e. The van der Waals surface area contributed by atoms with Crippen LogP contribution >= 0.6 is 0 Å². The third-order valence-electron chi connectivity index (χ3n) is 2.33. The molecule has 2 rings (SSSR count). The Balaban J connectivity index is 2.28. The summed E-state index contributed by atoms with van der Waals surface area (Å²) < 4.78 is 0. The molecule has 0 aliphatic heterocycles. The van der Waals surface area contributed by atoms with E-state index in [-0.39, 0.29) is 0 Å². The molecule has 84 valence electrons. The topological polar surface area (TPSA) is 37.8 Å². The number of aromatic nitrogens is 2. The molecule has 0 saturated heterocycles. The van der Waals surface area contributed by atoms with Crippen LogP contribution in [-0.4, -0.2) is 9.97 Å². The van der Waals surface area contributed by atoms with Gasteiger partial charge >= 0.3 is 0 Å². The third-order valence-corrected chi connectivity index (χ3v) is 2.33. The molecule has 0 amide bonds. The normalized spacial score (nSPS) is 9.65. The number of anilines is 2. The minimum atomic E-state index is 0.834. The Morgan fingerprint density at radius 3 is 2.47 bits per heavy atom. The van der Waals surface area contributed by atoms with Crippen LogP contribution in [0.3, 0.4) is 0 Å². The van der Waals surface area contributed by atoms with E-state index < -0.39 is 0 Å². The molecule has 0 aromatic carbocycles. The van der Waals surface area contributed by atoms with Crippen molar-refractivity contribution in [1.82, 2.24) is 9.97 Å². The summed E-state index contributed by atoms with van der Waals surface area (Å²) >= 11 is 0. The van der Waals surface area contributed by atoms with Gasteiger partial charge in [0.05, 0.1) is 17.6 Å². The lowest BCUT2D eigenvalue weighted by Gasteiger charge is -2.07. The summed E-state index contributed by atoms with van der Waals surface area (Å²) in [6.45, 7) is 7.48. The Kier molecular flexibility index (Phi) is 3.31. The highest BCUT2D eigenvalue weighted by Crippen LogP contribution is 2.19. The molecular weight excluding hydrogens is 210 g/mol. The fourth-order valence-electron chi connectivity index (χ4n) is 1.50. The second-order valence-electron chi connectivity index (χ2n) is 3.47. The molecule has 2 aromatic rings. The van der Waals surface area contributed by atoms with E-state index in [2.05, 4.69) is 28.4 Å². The molecule has 0 aliphatic carbocycles. The first kappa shape index (κ1) is 11.1. The summed E-state index contributed by atoms with van der Waals surface area (Å²) in [4.78, 5) is 8.26. The first-order chi connectivity index (χ1) is 8.33. The van der Waals surface area contributed by atoms with Crippen LogP contribution in [0.2, 0.25) is 0 Å². The van der Waals surface area contributed by atoms with Crippen LogP contribution in [0, 0.1) is 0 Å². The van der Waals surface area contributed by atoms with Crippen LogP contribution in [0.4, 0.5) is 11.4 Å². The first-order valence-corrected chi connectivity index (χ1v) is 5.25. The van der Waals surface area contributed by atoms with Crippen molar-refractivity contribution in [3.63, 3.8) is 0 Å². The van der Waals surface area contributed by atoms with Gasteiger partial charge in [-0.2, -0.15) is 0 Å². The van der Waals surface area contributed by atoms with Crippen molar-refractivity contribution in [3.8, 4) is 0 Å². The molecule has 0 atom stereocenters. The maximum absolute atomic E-state index is 4.30. The van der Waals surface area contributed by atoms with Gasteiger partial charge in [-0.1, -0.05) is 19.2 Å². The van der Waals surface area contributed by atoms with E-state index in [0.717, 1.165) is 22.6 Å². The van der Waals surface area contributed by atoms with Crippen LogP contribution in [0.25, 0.3) is 12.2 Å². The summed E-state index contributed by atoms with van der Waals surface area (Å²) in [5, 5.41) is 3.25. The van der Waals surface area contributed by atoms with Gasteiger partial charge in [0, 0.05) is 23.6 Å². The van der Waals surface area contributed by atoms with Crippen molar-refractivity contribution < 1.29 is 0 Å². The SMILES string of the molecule is C=Cc1cc(Nc2ccncc2)cnc1C=C. The van der Waals surface area contributed by atoms with Crippen LogP contribution in [0.15, 0.2) is 49.9 Å². The number of hydrogen-bond donors (Lipinski definition) is 1. The van der Waals surface area contributed by atoms with E-state index in [1.807, 2.05) is 18.2 Å². The van der Waals surface area contributed by atoms with Crippen molar-refractivity contribution in [2.45, 2.75) is 0 Å². The molecule has 0 fully saturated rings. The second-order valence-corrected chi connectivity index (χ2v) is 3.47. The minimum absolute atomic E-state index is 0.834. The van der Waals surface area contributed by atoms with Gasteiger partial charge in [0.15, 0.2) is 0 Å². The van der Waals surface area contributed by atoms with E-state index in [4.69, 9.17) is 0 Å². The van der Waals surface area contributed by atoms with Gasteiger partial charge in [-0.25, -0.2) is 0 Å². The van der Waals surface area contributed by atoms with Gasteiger partial charge in [0.25, 0.3) is 0 Å². The zero-order valence-corrected chi connectivity index (χ0v) is 9.43. The largest absolute Gasteiger partial charge is 0.354 e. The highest BCUT2D eigenvalue weighted by molar-refractivity contribution is 5.67. The fraction of sp³-hybridized carbons (Fsp3) is 0. The van der Waals surface area contributed by atoms with Gasteiger partial charge in [0.2, 0.25) is 0 Å². The molecule has 1 N–H and O–H groups in total. The van der Waals surface area contributed by atoms with Crippen LogP contribution in [0.1, 0.15) is 11.3 Å². The quantitative estimate of drug-likeness (QED) is 0.861. The lowest BCUT2D eigenvalue weighted by atomic mass is 10.1. The lowest BCUT2D eigenvalue weighted by molar-refractivity contribution is 1.27. The highest BCUT2D eigenvalue weighted by atomic mass is 14.9. The second kappa shape index (κ2) is 5.07. The maximum atomic E-state index is 4.30. The summed E-state index contributed by atoms with van der Waals surface area (Å²) in [5.74, 6) is 0. The van der Waals surface area contributed by atoms with Gasteiger partial charge in [-0.05, 0) is 24.3 Å². The molecule has 0 aliphatic rings. The number of rotatable bonds is 4. The van der Waals surface area contributed by atoms with Crippen molar-refractivity contribution in [1.29, 1.82) is 0 Å². The van der Waals surface area contributed by atoms with Crippen molar-refractivity contribution in [2.75, 3.05) is 5.32 Å². The van der Waals surface area contributed by atoms with Crippen LogP contribution in [0.5, 0.6) is 0 Å². The van der Waals surface area contributed by atoms with Crippen LogP contribution in [-0.2, 0) is 0 Å². The minimum Gasteiger partial charge on any atom is -0.354 e. The smallest absolute Gasteiger partial charge is 0.0697 e. The van der Waals surface area contributed by atoms with Crippen molar-refractivity contribution >= 4 is 23.5 Å². The predicted octanol–water partition coefficient (Wildman–Crippen LogP) is 3.51. The lowest BCUT2D eigenvalue weighted by Crippen LogP contribution is -1.94. The monoisotopic (exact) mass is 223 g/mol. The number of hydrogen-bond acceptors (Lipinski definition) is 3. The molecule has 3 nitrogen and oxygen atoms in total. The van der Waals surface area contributed by atoms with Gasteiger partial charge in [-0.3, -0.25) is 9.97 Å². The standard InChI is InChI=1S/C14H13N3/c1-3-11-9-13(10-16-14(11)4-2)17-12-5-7-15-8-6-12/h3-10H,1-2H2,(H,15,17). The predicted molar refractivity (Wildman–Crippen MR) is 71.9 cm³/mol. The van der Waals surface area contributed by atoms with Crippen molar-refractivity contribution in [3.05, 3.63) is 61.2 Å². The Morgan fingerprint density at radius 2 is 1.82 bits per heavy atom. The summed E-state index contributed by atoms with van der Waals surface area (Å²) in [5.41, 5.74) is 3.68. The first-order valence-electron chi connectivity index (χ1n) is 5.25. The van der Waals surface area contributed by atoms with E-state index in [9.17, 15) is 0 Å². The number of nitrogens with one attached hydrogen (secondary N) is 1. The Hall–Kier alpha value is -2.42. The molecular formula is C14H13N3. The summed E-state index contributed by atoms with van der Waals surface area (Å²) in [6.07, 6.45) is 8.73.